The van der Waals surface area contributed by atoms with Gasteiger partial charge in [-0.05, 0) is 42.7 Å². The molecule has 3 aromatic carbocycles. The van der Waals surface area contributed by atoms with Crippen LogP contribution in [0.15, 0.2) is 63.8 Å². The van der Waals surface area contributed by atoms with Crippen molar-refractivity contribution in [2.24, 2.45) is 0 Å². The first-order valence-electron chi connectivity index (χ1n) is 12.2. The van der Waals surface area contributed by atoms with E-state index in [4.69, 9.17) is 18.6 Å². The number of hydrogen-bond acceptors (Lipinski definition) is 8. The molecule has 1 unspecified atom stereocenters. The van der Waals surface area contributed by atoms with Crippen molar-refractivity contribution in [3.8, 4) is 23.0 Å². The second kappa shape index (κ2) is 10.0. The Labute approximate surface area is 218 Å². The minimum atomic E-state index is -0.635. The van der Waals surface area contributed by atoms with Crippen molar-refractivity contribution >= 4 is 22.7 Å². The van der Waals surface area contributed by atoms with E-state index in [-0.39, 0.29) is 34.5 Å². The van der Waals surface area contributed by atoms with Crippen molar-refractivity contribution in [3.63, 3.8) is 0 Å². The van der Waals surface area contributed by atoms with E-state index in [1.165, 1.54) is 20.1 Å². The number of phenolic OH excluding ortho intramolecular Hbond substituents is 1. The first-order chi connectivity index (χ1) is 18.3. The lowest BCUT2D eigenvalue weighted by Crippen LogP contribution is -2.24. The standard InChI is InChI=1S/C30H26O8/c1-16-13-23(32)37-29-25(16)28(34)26(17(2)31)30-27(29)20(15-24(33)38-30)19-9-10-21(22(14-19)35-3)36-12-11-18-7-5-4-6-8-18/h4-10,13-14,20,34H,11-12,15H2,1-3H3. The van der Waals surface area contributed by atoms with E-state index in [9.17, 15) is 19.5 Å². The van der Waals surface area contributed by atoms with Crippen molar-refractivity contribution in [2.75, 3.05) is 13.7 Å². The fraction of sp³-hybridized carbons (Fsp3) is 0.233. The van der Waals surface area contributed by atoms with Gasteiger partial charge in [0.05, 0.1) is 25.5 Å². The van der Waals surface area contributed by atoms with Gasteiger partial charge in [-0.1, -0.05) is 36.4 Å². The zero-order valence-electron chi connectivity index (χ0n) is 21.2. The van der Waals surface area contributed by atoms with Crippen LogP contribution >= 0.6 is 0 Å². The van der Waals surface area contributed by atoms with Gasteiger partial charge in [0.1, 0.15) is 16.9 Å². The molecule has 0 aliphatic carbocycles. The number of benzene rings is 3. The lowest BCUT2D eigenvalue weighted by atomic mass is 9.82. The summed E-state index contributed by atoms with van der Waals surface area (Å²) in [6.07, 6.45) is 0.647. The maximum atomic E-state index is 12.7. The summed E-state index contributed by atoms with van der Waals surface area (Å²) in [5.41, 5.74) is 1.93. The number of fused-ring (bicyclic) bond motifs is 3. The summed E-state index contributed by atoms with van der Waals surface area (Å²) in [7, 11) is 1.52. The van der Waals surface area contributed by atoms with Gasteiger partial charge in [0.2, 0.25) is 0 Å². The topological polar surface area (TPSA) is 112 Å². The van der Waals surface area contributed by atoms with Crippen molar-refractivity contribution < 1.29 is 33.3 Å². The predicted molar refractivity (Wildman–Crippen MR) is 140 cm³/mol. The predicted octanol–water partition coefficient (Wildman–Crippen LogP) is 5.08. The van der Waals surface area contributed by atoms with Crippen LogP contribution in [-0.2, 0) is 11.2 Å². The number of methoxy groups -OCH3 is 1. The van der Waals surface area contributed by atoms with Gasteiger partial charge < -0.3 is 23.7 Å². The fourth-order valence-corrected chi connectivity index (χ4v) is 4.96. The van der Waals surface area contributed by atoms with Gasteiger partial charge >= 0.3 is 11.6 Å². The van der Waals surface area contributed by atoms with Crippen molar-refractivity contribution in [3.05, 3.63) is 92.8 Å². The normalized spacial score (nSPS) is 14.6. The van der Waals surface area contributed by atoms with Crippen molar-refractivity contribution in [1.29, 1.82) is 0 Å². The highest BCUT2D eigenvalue weighted by Crippen LogP contribution is 2.50. The molecule has 0 saturated heterocycles. The number of phenols is 1. The van der Waals surface area contributed by atoms with Gasteiger partial charge in [-0.3, -0.25) is 9.59 Å². The van der Waals surface area contributed by atoms with E-state index < -0.39 is 23.3 Å². The maximum Gasteiger partial charge on any atom is 0.336 e. The number of hydrogen-bond donors (Lipinski definition) is 1. The second-order valence-electron chi connectivity index (χ2n) is 9.20. The number of aromatic hydroxyl groups is 1. The Morgan fingerprint density at radius 3 is 2.55 bits per heavy atom. The minimum absolute atomic E-state index is 0.0702. The molecule has 1 atom stereocenters. The number of carbonyl (C=O) groups excluding carboxylic acids is 2. The summed E-state index contributed by atoms with van der Waals surface area (Å²) in [4.78, 5) is 37.6. The number of rotatable bonds is 7. The molecule has 1 aromatic heterocycles. The number of esters is 1. The van der Waals surface area contributed by atoms with Crippen LogP contribution in [0.4, 0.5) is 0 Å². The van der Waals surface area contributed by atoms with Gasteiger partial charge in [-0.15, -0.1) is 0 Å². The third-order valence-electron chi connectivity index (χ3n) is 6.72. The first-order valence-corrected chi connectivity index (χ1v) is 12.2. The van der Waals surface area contributed by atoms with Crippen LogP contribution in [-0.4, -0.2) is 30.6 Å². The summed E-state index contributed by atoms with van der Waals surface area (Å²) < 4.78 is 22.6. The minimum Gasteiger partial charge on any atom is -0.506 e. The van der Waals surface area contributed by atoms with Gasteiger partial charge in [-0.2, -0.15) is 0 Å². The Bertz CT molecular complexity index is 1620. The van der Waals surface area contributed by atoms with Crippen LogP contribution < -0.4 is 19.8 Å². The Balaban J connectivity index is 1.60. The van der Waals surface area contributed by atoms with Crippen LogP contribution in [0.1, 0.15) is 51.9 Å². The Morgan fingerprint density at radius 1 is 1.08 bits per heavy atom. The molecular formula is C30H26O8. The lowest BCUT2D eigenvalue weighted by molar-refractivity contribution is -0.135. The summed E-state index contributed by atoms with van der Waals surface area (Å²) in [6.45, 7) is 3.36. The average Bonchev–Trinajstić information content (AvgIpc) is 2.88. The van der Waals surface area contributed by atoms with Crippen LogP contribution in [0, 0.1) is 6.92 Å². The molecule has 8 heteroatoms. The average molecular weight is 515 g/mol. The van der Waals surface area contributed by atoms with Crippen LogP contribution in [0.2, 0.25) is 0 Å². The summed E-state index contributed by atoms with van der Waals surface area (Å²) in [6, 6.07) is 16.5. The highest BCUT2D eigenvalue weighted by molar-refractivity contribution is 6.09. The molecule has 2 heterocycles. The molecule has 38 heavy (non-hydrogen) atoms. The Morgan fingerprint density at radius 2 is 1.84 bits per heavy atom. The third-order valence-corrected chi connectivity index (χ3v) is 6.72. The van der Waals surface area contributed by atoms with Gasteiger partial charge in [0.15, 0.2) is 23.0 Å². The van der Waals surface area contributed by atoms with E-state index >= 15 is 0 Å². The van der Waals surface area contributed by atoms with Gasteiger partial charge in [0, 0.05) is 24.0 Å². The summed E-state index contributed by atoms with van der Waals surface area (Å²) in [5, 5.41) is 11.2. The number of aryl methyl sites for hydroxylation is 1. The molecule has 5 rings (SSSR count). The molecule has 0 bridgehead atoms. The molecule has 0 radical (unpaired) electrons. The molecule has 1 aliphatic rings. The first kappa shape index (κ1) is 25.1. The summed E-state index contributed by atoms with van der Waals surface area (Å²) >= 11 is 0. The van der Waals surface area contributed by atoms with E-state index in [0.29, 0.717) is 34.8 Å². The third kappa shape index (κ3) is 4.49. The molecule has 1 aliphatic heterocycles. The SMILES string of the molecule is COc1cc(C2CC(=O)Oc3c(C(C)=O)c(O)c4c(C)cc(=O)oc4c32)ccc1OCCc1ccccc1. The smallest absolute Gasteiger partial charge is 0.336 e. The van der Waals surface area contributed by atoms with E-state index in [1.807, 2.05) is 30.3 Å². The molecule has 0 amide bonds. The maximum absolute atomic E-state index is 12.7. The van der Waals surface area contributed by atoms with Crippen molar-refractivity contribution in [1.82, 2.24) is 0 Å². The number of ketones is 1. The molecule has 0 saturated carbocycles. The van der Waals surface area contributed by atoms with Crippen LogP contribution in [0.25, 0.3) is 11.0 Å². The summed E-state index contributed by atoms with van der Waals surface area (Å²) in [5.74, 6) is -1.19. The second-order valence-corrected chi connectivity index (χ2v) is 9.20. The Hall–Kier alpha value is -4.59. The largest absolute Gasteiger partial charge is 0.506 e. The molecule has 8 nitrogen and oxygen atoms in total. The molecule has 4 aromatic rings. The van der Waals surface area contributed by atoms with E-state index in [0.717, 1.165) is 12.0 Å². The molecule has 0 spiro atoms. The van der Waals surface area contributed by atoms with E-state index in [1.54, 1.807) is 25.1 Å². The van der Waals surface area contributed by atoms with Gasteiger partial charge in [0.25, 0.3) is 0 Å². The quantitative estimate of drug-likeness (QED) is 0.157. The van der Waals surface area contributed by atoms with E-state index in [2.05, 4.69) is 0 Å². The van der Waals surface area contributed by atoms with Gasteiger partial charge in [-0.25, -0.2) is 4.79 Å². The monoisotopic (exact) mass is 514 g/mol. The molecule has 194 valence electrons. The molecule has 0 fully saturated rings. The van der Waals surface area contributed by atoms with Crippen LogP contribution in [0.5, 0.6) is 23.0 Å². The lowest BCUT2D eigenvalue weighted by Gasteiger charge is -2.28. The van der Waals surface area contributed by atoms with Crippen LogP contribution in [0.3, 0.4) is 0 Å². The fourth-order valence-electron chi connectivity index (χ4n) is 4.96. The molecular weight excluding hydrogens is 488 g/mol. The number of carbonyl (C=O) groups is 2. The number of ether oxygens (including phenoxy) is 3. The number of Topliss-reactive ketones (excluding diaryl/α,β-unsaturated/α-hetero) is 1. The zero-order valence-corrected chi connectivity index (χ0v) is 21.2. The zero-order chi connectivity index (χ0) is 27.0. The van der Waals surface area contributed by atoms with Crippen molar-refractivity contribution in [2.45, 2.75) is 32.6 Å². The molecule has 1 N–H and O–H groups in total. The Kier molecular flexibility index (Phi) is 6.63. The highest BCUT2D eigenvalue weighted by atomic mass is 16.5. The highest BCUT2D eigenvalue weighted by Gasteiger charge is 2.37.